The maximum Gasteiger partial charge on any atom is 0.224 e. The molecule has 1 amide bonds. The first kappa shape index (κ1) is 19.2. The van der Waals surface area contributed by atoms with Crippen LogP contribution in [0.1, 0.15) is 12.8 Å². The van der Waals surface area contributed by atoms with E-state index in [9.17, 15) is 4.79 Å². The number of carbonyl (C=O) groups excluding carboxylic acids is 1. The highest BCUT2D eigenvalue weighted by Crippen LogP contribution is 2.27. The average molecular weight is 380 g/mol. The SMILES string of the molecule is C=CCOc1cccc(NC(=O)CCCOc2ccc(Cl)cc2Cl)c1. The Morgan fingerprint density at radius 3 is 2.76 bits per heavy atom. The van der Waals surface area contributed by atoms with Gasteiger partial charge >= 0.3 is 0 Å². The van der Waals surface area contributed by atoms with Crippen LogP contribution in [0.3, 0.4) is 0 Å². The number of halogens is 2. The van der Waals surface area contributed by atoms with Crippen molar-refractivity contribution in [3.05, 3.63) is 65.2 Å². The number of nitrogens with one attached hydrogen (secondary N) is 1. The second kappa shape index (κ2) is 9.97. The summed E-state index contributed by atoms with van der Waals surface area (Å²) in [6, 6.07) is 12.2. The Kier molecular flexibility index (Phi) is 7.64. The van der Waals surface area contributed by atoms with Crippen molar-refractivity contribution in [2.45, 2.75) is 12.8 Å². The van der Waals surface area contributed by atoms with Crippen LogP contribution in [0.2, 0.25) is 10.0 Å². The molecule has 0 aliphatic carbocycles. The number of amides is 1. The smallest absolute Gasteiger partial charge is 0.224 e. The third-order valence-electron chi connectivity index (χ3n) is 3.19. The van der Waals surface area contributed by atoms with Crippen LogP contribution in [-0.4, -0.2) is 19.1 Å². The zero-order chi connectivity index (χ0) is 18.1. The lowest BCUT2D eigenvalue weighted by atomic mass is 10.2. The largest absolute Gasteiger partial charge is 0.492 e. The van der Waals surface area contributed by atoms with Crippen LogP contribution in [0.15, 0.2) is 55.1 Å². The molecule has 0 fully saturated rings. The molecule has 0 unspecified atom stereocenters. The summed E-state index contributed by atoms with van der Waals surface area (Å²) in [6.45, 7) is 4.40. The molecule has 132 valence electrons. The Labute approximate surface area is 157 Å². The van der Waals surface area contributed by atoms with Crippen molar-refractivity contribution in [2.75, 3.05) is 18.5 Å². The Morgan fingerprint density at radius 1 is 1.16 bits per heavy atom. The molecule has 0 heterocycles. The molecule has 0 radical (unpaired) electrons. The lowest BCUT2D eigenvalue weighted by molar-refractivity contribution is -0.116. The van der Waals surface area contributed by atoms with E-state index in [1.165, 1.54) is 0 Å². The van der Waals surface area contributed by atoms with Crippen LogP contribution < -0.4 is 14.8 Å². The number of carbonyl (C=O) groups is 1. The predicted molar refractivity (Wildman–Crippen MR) is 102 cm³/mol. The van der Waals surface area contributed by atoms with E-state index in [0.717, 1.165) is 0 Å². The van der Waals surface area contributed by atoms with Crippen LogP contribution in [0.25, 0.3) is 0 Å². The zero-order valence-electron chi connectivity index (χ0n) is 13.6. The van der Waals surface area contributed by atoms with Gasteiger partial charge in [0.2, 0.25) is 5.91 Å². The Bertz CT molecular complexity index is 734. The number of benzene rings is 2. The summed E-state index contributed by atoms with van der Waals surface area (Å²) in [5.74, 6) is 1.14. The molecule has 2 aromatic carbocycles. The van der Waals surface area contributed by atoms with E-state index in [-0.39, 0.29) is 5.91 Å². The highest BCUT2D eigenvalue weighted by molar-refractivity contribution is 6.35. The van der Waals surface area contributed by atoms with Crippen molar-refractivity contribution >= 4 is 34.8 Å². The van der Waals surface area contributed by atoms with Crippen molar-refractivity contribution in [3.63, 3.8) is 0 Å². The molecule has 6 heteroatoms. The molecular weight excluding hydrogens is 361 g/mol. The summed E-state index contributed by atoms with van der Waals surface area (Å²) in [4.78, 5) is 12.0. The van der Waals surface area contributed by atoms with Crippen LogP contribution in [0.5, 0.6) is 11.5 Å². The van der Waals surface area contributed by atoms with Crippen LogP contribution in [-0.2, 0) is 4.79 Å². The molecule has 25 heavy (non-hydrogen) atoms. The molecule has 0 bridgehead atoms. The van der Waals surface area contributed by atoms with Crippen molar-refractivity contribution in [2.24, 2.45) is 0 Å². The third-order valence-corrected chi connectivity index (χ3v) is 3.72. The Morgan fingerprint density at radius 2 is 2.00 bits per heavy atom. The van der Waals surface area contributed by atoms with Crippen molar-refractivity contribution < 1.29 is 14.3 Å². The molecule has 1 N–H and O–H groups in total. The fourth-order valence-electron chi connectivity index (χ4n) is 2.05. The minimum Gasteiger partial charge on any atom is -0.492 e. The minimum absolute atomic E-state index is 0.0910. The normalized spacial score (nSPS) is 10.2. The van der Waals surface area contributed by atoms with Crippen molar-refractivity contribution in [1.29, 1.82) is 0 Å². The molecule has 0 aliphatic rings. The first-order valence-corrected chi connectivity index (χ1v) is 8.55. The first-order valence-electron chi connectivity index (χ1n) is 7.80. The van der Waals surface area contributed by atoms with E-state index in [1.54, 1.807) is 30.3 Å². The van der Waals surface area contributed by atoms with Gasteiger partial charge in [-0.15, -0.1) is 0 Å². The summed E-state index contributed by atoms with van der Waals surface area (Å²) in [5, 5.41) is 3.84. The summed E-state index contributed by atoms with van der Waals surface area (Å²) >= 11 is 11.9. The van der Waals surface area contributed by atoms with E-state index in [0.29, 0.717) is 53.3 Å². The van der Waals surface area contributed by atoms with E-state index in [4.69, 9.17) is 32.7 Å². The highest BCUT2D eigenvalue weighted by Gasteiger charge is 2.06. The van der Waals surface area contributed by atoms with Crippen LogP contribution in [0.4, 0.5) is 5.69 Å². The van der Waals surface area contributed by atoms with Gasteiger partial charge in [0.25, 0.3) is 0 Å². The number of hydrogen-bond donors (Lipinski definition) is 1. The molecule has 2 aromatic rings. The maximum absolute atomic E-state index is 12.0. The minimum atomic E-state index is -0.0910. The number of ether oxygens (including phenoxy) is 2. The first-order chi connectivity index (χ1) is 12.1. The van der Waals surface area contributed by atoms with Gasteiger partial charge in [0, 0.05) is 23.2 Å². The molecule has 0 spiro atoms. The standard InChI is InChI=1S/C19H19Cl2NO3/c1-2-10-24-16-6-3-5-15(13-16)22-19(23)7-4-11-25-18-9-8-14(20)12-17(18)21/h2-3,5-6,8-9,12-13H,1,4,7,10-11H2,(H,22,23). The highest BCUT2D eigenvalue weighted by atomic mass is 35.5. The predicted octanol–water partition coefficient (Wildman–Crippen LogP) is 5.36. The summed E-state index contributed by atoms with van der Waals surface area (Å²) in [6.07, 6.45) is 2.57. The lowest BCUT2D eigenvalue weighted by Gasteiger charge is -2.09. The van der Waals surface area contributed by atoms with Crippen molar-refractivity contribution in [1.82, 2.24) is 0 Å². The van der Waals surface area contributed by atoms with Gasteiger partial charge in [0.15, 0.2) is 0 Å². The molecule has 0 saturated carbocycles. The molecule has 4 nitrogen and oxygen atoms in total. The molecule has 0 aromatic heterocycles. The monoisotopic (exact) mass is 379 g/mol. The maximum atomic E-state index is 12.0. The van der Waals surface area contributed by atoms with Crippen LogP contribution >= 0.6 is 23.2 Å². The molecular formula is C19H19Cl2NO3. The van der Waals surface area contributed by atoms with E-state index < -0.39 is 0 Å². The topological polar surface area (TPSA) is 47.6 Å². The fraction of sp³-hybridized carbons (Fsp3) is 0.211. The van der Waals surface area contributed by atoms with Gasteiger partial charge in [-0.25, -0.2) is 0 Å². The molecule has 0 aliphatic heterocycles. The zero-order valence-corrected chi connectivity index (χ0v) is 15.1. The lowest BCUT2D eigenvalue weighted by Crippen LogP contribution is -2.13. The summed E-state index contributed by atoms with van der Waals surface area (Å²) in [5.41, 5.74) is 0.688. The van der Waals surface area contributed by atoms with Crippen molar-refractivity contribution in [3.8, 4) is 11.5 Å². The number of hydrogen-bond acceptors (Lipinski definition) is 3. The number of anilines is 1. The summed E-state index contributed by atoms with van der Waals surface area (Å²) < 4.78 is 11.0. The molecule has 0 atom stereocenters. The van der Waals surface area contributed by atoms with E-state index in [1.807, 2.05) is 18.2 Å². The van der Waals surface area contributed by atoms with E-state index >= 15 is 0 Å². The third kappa shape index (κ3) is 6.69. The number of rotatable bonds is 9. The van der Waals surface area contributed by atoms with Gasteiger partial charge in [-0.2, -0.15) is 0 Å². The fourth-order valence-corrected chi connectivity index (χ4v) is 2.51. The van der Waals surface area contributed by atoms with Gasteiger partial charge in [0.1, 0.15) is 18.1 Å². The Balaban J connectivity index is 1.74. The second-order valence-electron chi connectivity index (χ2n) is 5.20. The summed E-state index contributed by atoms with van der Waals surface area (Å²) in [7, 11) is 0. The molecule has 2 rings (SSSR count). The molecule has 0 saturated heterocycles. The van der Waals surface area contributed by atoms with Gasteiger partial charge in [-0.1, -0.05) is 41.9 Å². The average Bonchev–Trinajstić information content (AvgIpc) is 2.58. The quantitative estimate of drug-likeness (QED) is 0.471. The van der Waals surface area contributed by atoms with Crippen LogP contribution in [0, 0.1) is 0 Å². The van der Waals surface area contributed by atoms with Gasteiger partial charge in [-0.3, -0.25) is 4.79 Å². The second-order valence-corrected chi connectivity index (χ2v) is 6.05. The van der Waals surface area contributed by atoms with Gasteiger partial charge < -0.3 is 14.8 Å². The van der Waals surface area contributed by atoms with E-state index in [2.05, 4.69) is 11.9 Å². The van der Waals surface area contributed by atoms with Gasteiger partial charge in [0.05, 0.1) is 11.6 Å². The van der Waals surface area contributed by atoms with Gasteiger partial charge in [-0.05, 0) is 36.8 Å². The Hall–Kier alpha value is -2.17.